The first kappa shape index (κ1) is 18.4. The summed E-state index contributed by atoms with van der Waals surface area (Å²) in [4.78, 5) is 13.5. The zero-order chi connectivity index (χ0) is 19.7. The predicted molar refractivity (Wildman–Crippen MR) is 109 cm³/mol. The van der Waals surface area contributed by atoms with Crippen LogP contribution in [0.5, 0.6) is 11.5 Å². The fourth-order valence-electron chi connectivity index (χ4n) is 2.96. The number of nitrogens with one attached hydrogen (secondary N) is 1. The molecule has 3 aromatic rings. The second-order valence-electron chi connectivity index (χ2n) is 6.29. The van der Waals surface area contributed by atoms with E-state index in [0.717, 1.165) is 27.5 Å². The van der Waals surface area contributed by atoms with Gasteiger partial charge in [0.05, 0.1) is 5.56 Å². The lowest BCUT2D eigenvalue weighted by Crippen LogP contribution is -2.11. The third-order valence-electron chi connectivity index (χ3n) is 4.49. The summed E-state index contributed by atoms with van der Waals surface area (Å²) in [5.74, 6) is 1.19. The molecule has 0 saturated carbocycles. The molecule has 0 fully saturated rings. The third-order valence-corrected chi connectivity index (χ3v) is 5.95. The van der Waals surface area contributed by atoms with E-state index in [4.69, 9.17) is 21.1 Å². The van der Waals surface area contributed by atoms with Gasteiger partial charge in [0, 0.05) is 21.9 Å². The Bertz CT molecular complexity index is 1100. The molecule has 0 aliphatic carbocycles. The smallest absolute Gasteiger partial charge is 0.256 e. The number of amides is 1. The summed E-state index contributed by atoms with van der Waals surface area (Å²) in [7, 11) is 0. The Morgan fingerprint density at radius 2 is 1.96 bits per heavy atom. The van der Waals surface area contributed by atoms with Crippen molar-refractivity contribution in [1.29, 1.82) is 5.26 Å². The maximum Gasteiger partial charge on any atom is 0.256 e. The van der Waals surface area contributed by atoms with Crippen LogP contribution in [0.15, 0.2) is 42.5 Å². The SMILES string of the molecule is Cc1c(Cc2ccc3c(c2)OCO3)sc(NC(=O)c2ccc(Cl)cc2)c1C#N. The number of rotatable bonds is 4. The fourth-order valence-corrected chi connectivity index (χ4v) is 4.28. The van der Waals surface area contributed by atoms with Crippen LogP contribution in [0.25, 0.3) is 0 Å². The van der Waals surface area contributed by atoms with Crippen LogP contribution in [0.4, 0.5) is 5.00 Å². The van der Waals surface area contributed by atoms with Crippen LogP contribution >= 0.6 is 22.9 Å². The highest BCUT2D eigenvalue weighted by Gasteiger charge is 2.19. The molecular weight excluding hydrogens is 396 g/mol. The number of halogens is 1. The van der Waals surface area contributed by atoms with Crippen LogP contribution in [-0.2, 0) is 6.42 Å². The molecule has 2 aromatic carbocycles. The number of nitrogens with zero attached hydrogens (tertiary/aromatic N) is 1. The standard InChI is InChI=1S/C21H15ClN2O3S/c1-12-16(10-23)21(24-20(25)14-3-5-15(22)6-4-14)28-19(12)9-13-2-7-17-18(8-13)27-11-26-17/h2-8H,9,11H2,1H3,(H,24,25). The number of fused-ring (bicyclic) bond motifs is 1. The molecule has 0 radical (unpaired) electrons. The summed E-state index contributed by atoms with van der Waals surface area (Å²) in [6.45, 7) is 2.13. The summed E-state index contributed by atoms with van der Waals surface area (Å²) in [5.41, 5.74) is 2.89. The maximum atomic E-state index is 12.5. The van der Waals surface area contributed by atoms with E-state index >= 15 is 0 Å². The number of ether oxygens (including phenoxy) is 2. The molecule has 5 nitrogen and oxygen atoms in total. The van der Waals surface area contributed by atoms with Gasteiger partial charge < -0.3 is 14.8 Å². The highest BCUT2D eigenvalue weighted by molar-refractivity contribution is 7.16. The third kappa shape index (κ3) is 3.55. The molecule has 7 heteroatoms. The summed E-state index contributed by atoms with van der Waals surface area (Å²) in [5, 5.41) is 13.5. The molecule has 0 spiro atoms. The Labute approximate surface area is 171 Å². The first-order valence-electron chi connectivity index (χ1n) is 8.53. The molecule has 0 saturated heterocycles. The average molecular weight is 411 g/mol. The minimum absolute atomic E-state index is 0.232. The number of benzene rings is 2. The maximum absolute atomic E-state index is 12.5. The Hall–Kier alpha value is -3.01. The number of nitriles is 1. The van der Waals surface area contributed by atoms with Crippen LogP contribution in [-0.4, -0.2) is 12.7 Å². The van der Waals surface area contributed by atoms with E-state index in [1.165, 1.54) is 11.3 Å². The lowest BCUT2D eigenvalue weighted by Gasteiger charge is -2.03. The van der Waals surface area contributed by atoms with Crippen molar-refractivity contribution >= 4 is 33.8 Å². The summed E-state index contributed by atoms with van der Waals surface area (Å²) in [6, 6.07) is 14.6. The quantitative estimate of drug-likeness (QED) is 0.645. The number of hydrogen-bond acceptors (Lipinski definition) is 5. The van der Waals surface area contributed by atoms with Gasteiger partial charge in [-0.1, -0.05) is 17.7 Å². The van der Waals surface area contributed by atoms with Crippen LogP contribution in [0, 0.1) is 18.3 Å². The normalized spacial score (nSPS) is 11.9. The van der Waals surface area contributed by atoms with Crippen molar-refractivity contribution in [3.8, 4) is 17.6 Å². The molecule has 0 unspecified atom stereocenters. The molecule has 1 aliphatic rings. The van der Waals surface area contributed by atoms with E-state index in [1.54, 1.807) is 24.3 Å². The fraction of sp³-hybridized carbons (Fsp3) is 0.143. The van der Waals surface area contributed by atoms with Gasteiger partial charge in [-0.2, -0.15) is 5.26 Å². The predicted octanol–water partition coefficient (Wildman–Crippen LogP) is 5.15. The number of anilines is 1. The van der Waals surface area contributed by atoms with Gasteiger partial charge in [0.15, 0.2) is 11.5 Å². The first-order chi connectivity index (χ1) is 13.5. The highest BCUT2D eigenvalue weighted by atomic mass is 35.5. The molecule has 2 heterocycles. The minimum atomic E-state index is -0.274. The highest BCUT2D eigenvalue weighted by Crippen LogP contribution is 2.37. The molecular formula is C21H15ClN2O3S. The Morgan fingerprint density at radius 1 is 1.21 bits per heavy atom. The molecule has 0 atom stereocenters. The molecule has 0 bridgehead atoms. The van der Waals surface area contributed by atoms with Gasteiger partial charge >= 0.3 is 0 Å². The van der Waals surface area contributed by atoms with E-state index in [9.17, 15) is 10.1 Å². The second-order valence-corrected chi connectivity index (χ2v) is 7.83. The van der Waals surface area contributed by atoms with Crippen LogP contribution < -0.4 is 14.8 Å². The van der Waals surface area contributed by atoms with E-state index in [-0.39, 0.29) is 12.7 Å². The van der Waals surface area contributed by atoms with E-state index < -0.39 is 0 Å². The van der Waals surface area contributed by atoms with Crippen molar-refractivity contribution in [1.82, 2.24) is 0 Å². The monoisotopic (exact) mass is 410 g/mol. The van der Waals surface area contributed by atoms with Crippen LogP contribution in [0.2, 0.25) is 5.02 Å². The van der Waals surface area contributed by atoms with Crippen molar-refractivity contribution < 1.29 is 14.3 Å². The van der Waals surface area contributed by atoms with Crippen molar-refractivity contribution in [2.75, 3.05) is 12.1 Å². The van der Waals surface area contributed by atoms with Gasteiger partial charge in [0.1, 0.15) is 11.1 Å². The molecule has 1 aromatic heterocycles. The van der Waals surface area contributed by atoms with Crippen molar-refractivity contribution in [3.05, 3.63) is 74.6 Å². The second kappa shape index (κ2) is 7.55. The zero-order valence-corrected chi connectivity index (χ0v) is 16.5. The summed E-state index contributed by atoms with van der Waals surface area (Å²) in [6.07, 6.45) is 0.638. The lowest BCUT2D eigenvalue weighted by atomic mass is 10.1. The van der Waals surface area contributed by atoms with Gasteiger partial charge in [0.2, 0.25) is 6.79 Å². The topological polar surface area (TPSA) is 71.3 Å². The van der Waals surface area contributed by atoms with E-state index in [1.807, 2.05) is 25.1 Å². The van der Waals surface area contributed by atoms with Gasteiger partial charge in [-0.15, -0.1) is 11.3 Å². The molecule has 4 rings (SSSR count). The molecule has 1 amide bonds. The Kier molecular flexibility index (Phi) is 4.95. The Morgan fingerprint density at radius 3 is 2.71 bits per heavy atom. The lowest BCUT2D eigenvalue weighted by molar-refractivity contribution is 0.102. The summed E-state index contributed by atoms with van der Waals surface area (Å²) >= 11 is 7.28. The summed E-state index contributed by atoms with van der Waals surface area (Å²) < 4.78 is 10.8. The van der Waals surface area contributed by atoms with Crippen LogP contribution in [0.3, 0.4) is 0 Å². The van der Waals surface area contributed by atoms with Crippen LogP contribution in [0.1, 0.15) is 31.9 Å². The molecule has 1 N–H and O–H groups in total. The van der Waals surface area contributed by atoms with Gasteiger partial charge in [-0.05, 0) is 54.4 Å². The number of hydrogen-bond donors (Lipinski definition) is 1. The largest absolute Gasteiger partial charge is 0.454 e. The van der Waals surface area contributed by atoms with E-state index in [2.05, 4.69) is 11.4 Å². The van der Waals surface area contributed by atoms with E-state index in [0.29, 0.717) is 27.6 Å². The number of thiophene rings is 1. The molecule has 1 aliphatic heterocycles. The Balaban J connectivity index is 1.58. The number of carbonyl (C=O) groups excluding carboxylic acids is 1. The molecule has 28 heavy (non-hydrogen) atoms. The average Bonchev–Trinajstić information content (AvgIpc) is 3.26. The first-order valence-corrected chi connectivity index (χ1v) is 9.72. The van der Waals surface area contributed by atoms with Crippen molar-refractivity contribution in [2.45, 2.75) is 13.3 Å². The number of carbonyl (C=O) groups is 1. The van der Waals surface area contributed by atoms with Gasteiger partial charge in [-0.3, -0.25) is 4.79 Å². The van der Waals surface area contributed by atoms with Crippen molar-refractivity contribution in [2.24, 2.45) is 0 Å². The van der Waals surface area contributed by atoms with Gasteiger partial charge in [0.25, 0.3) is 5.91 Å². The van der Waals surface area contributed by atoms with Gasteiger partial charge in [-0.25, -0.2) is 0 Å². The minimum Gasteiger partial charge on any atom is -0.454 e. The van der Waals surface area contributed by atoms with Crippen molar-refractivity contribution in [3.63, 3.8) is 0 Å². The molecule has 140 valence electrons. The zero-order valence-electron chi connectivity index (χ0n) is 14.9.